The number of halogens is 1. The molecule has 0 saturated carbocycles. The predicted octanol–water partition coefficient (Wildman–Crippen LogP) is 3.71. The van der Waals surface area contributed by atoms with E-state index in [1.54, 1.807) is 31.2 Å². The third-order valence-electron chi connectivity index (χ3n) is 3.78. The van der Waals surface area contributed by atoms with Crippen molar-refractivity contribution < 1.29 is 9.53 Å². The number of hydrogen-bond acceptors (Lipinski definition) is 4. The van der Waals surface area contributed by atoms with Crippen LogP contribution in [0.1, 0.15) is 35.1 Å². The average Bonchev–Trinajstić information content (AvgIpc) is 2.86. The van der Waals surface area contributed by atoms with E-state index in [0.717, 1.165) is 35.1 Å². The fourth-order valence-electron chi connectivity index (χ4n) is 2.40. The predicted molar refractivity (Wildman–Crippen MR) is 108 cm³/mol. The molecular weight excluding hydrogens is 372 g/mol. The van der Waals surface area contributed by atoms with Crippen LogP contribution in [0.2, 0.25) is 5.02 Å². The number of esters is 1. The van der Waals surface area contributed by atoms with Crippen LogP contribution in [0.4, 0.5) is 5.69 Å². The first-order valence-corrected chi connectivity index (χ1v) is 9.22. The zero-order valence-electron chi connectivity index (χ0n) is 15.1. The largest absolute Gasteiger partial charge is 0.462 e. The smallest absolute Gasteiger partial charge is 0.338 e. The molecule has 1 aromatic heterocycles. The number of ether oxygens (including phenoxy) is 1. The lowest BCUT2D eigenvalue weighted by atomic mass is 10.2. The van der Waals surface area contributed by atoms with E-state index in [1.165, 1.54) is 0 Å². The molecule has 0 unspecified atom stereocenters. The molecule has 6 nitrogen and oxygen atoms in total. The van der Waals surface area contributed by atoms with Crippen LogP contribution < -0.4 is 10.6 Å². The summed E-state index contributed by atoms with van der Waals surface area (Å²) in [5.74, 6) is -0.330. The van der Waals surface area contributed by atoms with Gasteiger partial charge in [0.05, 0.1) is 28.6 Å². The average molecular weight is 395 g/mol. The Hall–Kier alpha value is -2.12. The van der Waals surface area contributed by atoms with E-state index < -0.39 is 0 Å². The van der Waals surface area contributed by atoms with E-state index in [9.17, 15) is 4.79 Å². The second-order valence-electron chi connectivity index (χ2n) is 5.74. The number of carbonyl (C=O) groups excluding carboxylic acids is 1. The first-order valence-electron chi connectivity index (χ1n) is 8.44. The molecule has 26 heavy (non-hydrogen) atoms. The van der Waals surface area contributed by atoms with Gasteiger partial charge in [-0.3, -0.25) is 4.68 Å². The second kappa shape index (κ2) is 9.54. The first-order chi connectivity index (χ1) is 12.4. The molecule has 1 aromatic carbocycles. The lowest BCUT2D eigenvalue weighted by molar-refractivity contribution is 0.0526. The molecule has 2 N–H and O–H groups in total. The highest BCUT2D eigenvalue weighted by Gasteiger charge is 2.09. The van der Waals surface area contributed by atoms with E-state index in [4.69, 9.17) is 28.6 Å². The van der Waals surface area contributed by atoms with Gasteiger partial charge in [-0.2, -0.15) is 5.10 Å². The minimum absolute atomic E-state index is 0.330. The molecule has 8 heteroatoms. The molecular formula is C18H23ClN4O2S. The van der Waals surface area contributed by atoms with Crippen LogP contribution in [0.15, 0.2) is 24.3 Å². The zero-order valence-corrected chi connectivity index (χ0v) is 16.7. The molecule has 2 rings (SSSR count). The van der Waals surface area contributed by atoms with Gasteiger partial charge >= 0.3 is 5.97 Å². The standard InChI is InChI=1S/C18H23ClN4O2S/c1-4-25-17(24)14-6-8-15(9-7-14)21-18(26)20-10-5-11-23-13(3)16(19)12(2)22-23/h6-9H,4-5,10-11H2,1-3H3,(H2,20,21,26). The number of nitrogens with one attached hydrogen (secondary N) is 2. The van der Waals surface area contributed by atoms with E-state index >= 15 is 0 Å². The highest BCUT2D eigenvalue weighted by molar-refractivity contribution is 7.80. The topological polar surface area (TPSA) is 68.2 Å². The van der Waals surface area contributed by atoms with Crippen LogP contribution in [0.3, 0.4) is 0 Å². The second-order valence-corrected chi connectivity index (χ2v) is 6.53. The molecule has 2 aromatic rings. The fourth-order valence-corrected chi connectivity index (χ4v) is 2.76. The van der Waals surface area contributed by atoms with Gasteiger partial charge in [-0.05, 0) is 63.7 Å². The van der Waals surface area contributed by atoms with Crippen molar-refractivity contribution in [2.45, 2.75) is 33.7 Å². The summed E-state index contributed by atoms with van der Waals surface area (Å²) in [6.45, 7) is 7.47. The van der Waals surface area contributed by atoms with Crippen LogP contribution in [0.25, 0.3) is 0 Å². The van der Waals surface area contributed by atoms with Gasteiger partial charge in [0.2, 0.25) is 0 Å². The van der Waals surface area contributed by atoms with Crippen molar-refractivity contribution in [3.8, 4) is 0 Å². The molecule has 0 bridgehead atoms. The summed E-state index contributed by atoms with van der Waals surface area (Å²) < 4.78 is 6.86. The number of nitrogens with zero attached hydrogens (tertiary/aromatic N) is 2. The molecule has 1 heterocycles. The zero-order chi connectivity index (χ0) is 19.1. The summed E-state index contributed by atoms with van der Waals surface area (Å²) in [5, 5.41) is 11.9. The van der Waals surface area contributed by atoms with Gasteiger partial charge in [0, 0.05) is 18.8 Å². The number of carbonyl (C=O) groups is 1. The summed E-state index contributed by atoms with van der Waals surface area (Å²) in [7, 11) is 0. The Bertz CT molecular complexity index is 774. The number of hydrogen-bond donors (Lipinski definition) is 2. The minimum Gasteiger partial charge on any atom is -0.462 e. The van der Waals surface area contributed by atoms with Gasteiger partial charge in [-0.1, -0.05) is 11.6 Å². The van der Waals surface area contributed by atoms with Gasteiger partial charge < -0.3 is 15.4 Å². The van der Waals surface area contributed by atoms with Crippen molar-refractivity contribution in [1.29, 1.82) is 0 Å². The minimum atomic E-state index is -0.330. The number of rotatable bonds is 7. The number of aromatic nitrogens is 2. The molecule has 0 aliphatic heterocycles. The third kappa shape index (κ3) is 5.44. The molecule has 0 aliphatic carbocycles. The number of anilines is 1. The van der Waals surface area contributed by atoms with Crippen LogP contribution in [-0.4, -0.2) is 34.0 Å². The van der Waals surface area contributed by atoms with Crippen molar-refractivity contribution in [3.05, 3.63) is 46.2 Å². The number of aryl methyl sites for hydroxylation is 2. The van der Waals surface area contributed by atoms with E-state index in [2.05, 4.69) is 15.7 Å². The molecule has 140 valence electrons. The van der Waals surface area contributed by atoms with Crippen molar-refractivity contribution in [3.63, 3.8) is 0 Å². The summed E-state index contributed by atoms with van der Waals surface area (Å²) in [6.07, 6.45) is 0.863. The first kappa shape index (κ1) is 20.2. The Morgan fingerprint density at radius 3 is 2.58 bits per heavy atom. The molecule has 0 saturated heterocycles. The van der Waals surface area contributed by atoms with Crippen LogP contribution in [0, 0.1) is 13.8 Å². The number of benzene rings is 1. The Morgan fingerprint density at radius 2 is 2.00 bits per heavy atom. The highest BCUT2D eigenvalue weighted by atomic mass is 35.5. The Morgan fingerprint density at radius 1 is 1.31 bits per heavy atom. The summed E-state index contributed by atoms with van der Waals surface area (Å²) in [4.78, 5) is 11.6. The fraction of sp³-hybridized carbons (Fsp3) is 0.389. The third-order valence-corrected chi connectivity index (χ3v) is 4.57. The van der Waals surface area contributed by atoms with Crippen LogP contribution in [0.5, 0.6) is 0 Å². The molecule has 0 aliphatic rings. The van der Waals surface area contributed by atoms with Gasteiger partial charge in [0.15, 0.2) is 5.11 Å². The van der Waals surface area contributed by atoms with E-state index in [1.807, 2.05) is 18.5 Å². The lowest BCUT2D eigenvalue weighted by Gasteiger charge is -2.11. The molecule has 0 spiro atoms. The van der Waals surface area contributed by atoms with E-state index in [0.29, 0.717) is 23.8 Å². The monoisotopic (exact) mass is 394 g/mol. The van der Waals surface area contributed by atoms with Crippen LogP contribution in [-0.2, 0) is 11.3 Å². The maximum atomic E-state index is 11.6. The molecule has 0 atom stereocenters. The van der Waals surface area contributed by atoms with Crippen molar-refractivity contribution in [2.75, 3.05) is 18.5 Å². The maximum Gasteiger partial charge on any atom is 0.338 e. The van der Waals surface area contributed by atoms with Crippen molar-refractivity contribution in [1.82, 2.24) is 15.1 Å². The summed E-state index contributed by atoms with van der Waals surface area (Å²) >= 11 is 11.4. The Kier molecular flexibility index (Phi) is 7.41. The van der Waals surface area contributed by atoms with Crippen LogP contribution >= 0.6 is 23.8 Å². The van der Waals surface area contributed by atoms with Gasteiger partial charge in [-0.25, -0.2) is 4.79 Å². The highest BCUT2D eigenvalue weighted by Crippen LogP contribution is 2.18. The van der Waals surface area contributed by atoms with Gasteiger partial charge in [-0.15, -0.1) is 0 Å². The summed E-state index contributed by atoms with van der Waals surface area (Å²) in [6, 6.07) is 6.99. The Balaban J connectivity index is 1.75. The quantitative estimate of drug-likeness (QED) is 0.424. The Labute approximate surface area is 163 Å². The van der Waals surface area contributed by atoms with Crippen molar-refractivity contribution >= 4 is 40.6 Å². The normalized spacial score (nSPS) is 10.5. The van der Waals surface area contributed by atoms with Gasteiger partial charge in [0.25, 0.3) is 0 Å². The SMILES string of the molecule is CCOC(=O)c1ccc(NC(=S)NCCCn2nc(C)c(Cl)c2C)cc1. The van der Waals surface area contributed by atoms with Gasteiger partial charge in [0.1, 0.15) is 0 Å². The molecule has 0 fully saturated rings. The molecule has 0 amide bonds. The van der Waals surface area contributed by atoms with E-state index in [-0.39, 0.29) is 5.97 Å². The number of thiocarbonyl (C=S) groups is 1. The lowest BCUT2D eigenvalue weighted by Crippen LogP contribution is -2.29. The maximum absolute atomic E-state index is 11.6. The molecule has 0 radical (unpaired) electrons. The van der Waals surface area contributed by atoms with Crippen molar-refractivity contribution in [2.24, 2.45) is 0 Å². The summed E-state index contributed by atoms with van der Waals surface area (Å²) in [5.41, 5.74) is 3.15.